The van der Waals surface area contributed by atoms with Crippen LogP contribution in [-0.2, 0) is 0 Å². The molecule has 1 heterocycles. The van der Waals surface area contributed by atoms with Gasteiger partial charge in [-0.2, -0.15) is 0 Å². The topological polar surface area (TPSA) is 79.2 Å². The van der Waals surface area contributed by atoms with Gasteiger partial charge in [0.1, 0.15) is 11.4 Å². The quantitative estimate of drug-likeness (QED) is 0.677. The lowest BCUT2D eigenvalue weighted by Gasteiger charge is -2.20. The second-order valence-corrected chi connectivity index (χ2v) is 3.88. The van der Waals surface area contributed by atoms with E-state index in [0.717, 1.165) is 0 Å². The van der Waals surface area contributed by atoms with E-state index in [0.29, 0.717) is 17.9 Å². The summed E-state index contributed by atoms with van der Waals surface area (Å²) in [4.78, 5) is 27.0. The molecule has 19 heavy (non-hydrogen) atoms. The van der Waals surface area contributed by atoms with Crippen molar-refractivity contribution >= 4 is 17.3 Å². The smallest absolute Gasteiger partial charge is 0.292 e. The first-order chi connectivity index (χ1) is 9.15. The molecule has 0 saturated heterocycles. The van der Waals surface area contributed by atoms with Crippen molar-refractivity contribution in [2.75, 3.05) is 11.4 Å². The van der Waals surface area contributed by atoms with E-state index in [-0.39, 0.29) is 11.6 Å². The molecule has 0 radical (unpaired) electrons. The number of hydrogen-bond acceptors (Lipinski definition) is 3. The van der Waals surface area contributed by atoms with E-state index in [1.54, 1.807) is 43.5 Å². The number of nitro groups is 1. The third-order valence-corrected chi connectivity index (χ3v) is 2.76. The second-order valence-electron chi connectivity index (χ2n) is 3.88. The molecule has 2 aromatic rings. The number of anilines is 1. The number of nitrogens with zero attached hydrogens (tertiary/aromatic N) is 2. The Hall–Kier alpha value is -2.63. The number of aromatic amines is 1. The molecule has 0 bridgehead atoms. The maximum absolute atomic E-state index is 12.3. The predicted octanol–water partition coefficient (Wildman–Crippen LogP) is 2.59. The number of H-pyrrole nitrogens is 1. The second kappa shape index (κ2) is 5.34. The van der Waals surface area contributed by atoms with Crippen LogP contribution in [0.2, 0.25) is 0 Å². The molecule has 0 atom stereocenters. The lowest BCUT2D eigenvalue weighted by Crippen LogP contribution is -2.31. The SMILES string of the molecule is CCN(C(=O)c1ccc[nH]1)c1ccccc1[N+](=O)[O-]. The average Bonchev–Trinajstić information content (AvgIpc) is 2.93. The van der Waals surface area contributed by atoms with E-state index in [1.165, 1.54) is 11.0 Å². The summed E-state index contributed by atoms with van der Waals surface area (Å²) < 4.78 is 0. The zero-order chi connectivity index (χ0) is 13.8. The number of aromatic nitrogens is 1. The molecule has 1 aromatic heterocycles. The van der Waals surface area contributed by atoms with Crippen LogP contribution in [0.5, 0.6) is 0 Å². The van der Waals surface area contributed by atoms with E-state index in [9.17, 15) is 14.9 Å². The van der Waals surface area contributed by atoms with Crippen molar-refractivity contribution in [3.63, 3.8) is 0 Å². The van der Waals surface area contributed by atoms with Gasteiger partial charge in [-0.05, 0) is 25.1 Å². The summed E-state index contributed by atoms with van der Waals surface area (Å²) in [6, 6.07) is 9.56. The highest BCUT2D eigenvalue weighted by Gasteiger charge is 2.23. The third kappa shape index (κ3) is 2.47. The van der Waals surface area contributed by atoms with Crippen LogP contribution in [-0.4, -0.2) is 22.4 Å². The Labute approximate surface area is 109 Å². The van der Waals surface area contributed by atoms with Crippen molar-refractivity contribution in [2.45, 2.75) is 6.92 Å². The molecule has 0 aliphatic carbocycles. The highest BCUT2D eigenvalue weighted by Crippen LogP contribution is 2.28. The van der Waals surface area contributed by atoms with Crippen LogP contribution >= 0.6 is 0 Å². The van der Waals surface area contributed by atoms with Gasteiger partial charge in [0, 0.05) is 18.8 Å². The Morgan fingerprint density at radius 3 is 2.63 bits per heavy atom. The van der Waals surface area contributed by atoms with Gasteiger partial charge >= 0.3 is 0 Å². The van der Waals surface area contributed by atoms with Crippen molar-refractivity contribution in [3.8, 4) is 0 Å². The van der Waals surface area contributed by atoms with Gasteiger partial charge in [-0.3, -0.25) is 14.9 Å². The maximum atomic E-state index is 12.3. The minimum absolute atomic E-state index is 0.0794. The fraction of sp³-hybridized carbons (Fsp3) is 0.154. The summed E-state index contributed by atoms with van der Waals surface area (Å²) in [5.41, 5.74) is 0.624. The predicted molar refractivity (Wildman–Crippen MR) is 71.2 cm³/mol. The summed E-state index contributed by atoms with van der Waals surface area (Å²) in [5, 5.41) is 11.0. The molecular weight excluding hydrogens is 246 g/mol. The summed E-state index contributed by atoms with van der Waals surface area (Å²) in [7, 11) is 0. The molecule has 0 fully saturated rings. The number of carbonyl (C=O) groups excluding carboxylic acids is 1. The molecule has 1 amide bonds. The largest absolute Gasteiger partial charge is 0.357 e. The van der Waals surface area contributed by atoms with Crippen molar-refractivity contribution in [1.82, 2.24) is 4.98 Å². The number of amides is 1. The van der Waals surface area contributed by atoms with Crippen LogP contribution < -0.4 is 4.90 Å². The zero-order valence-corrected chi connectivity index (χ0v) is 10.4. The van der Waals surface area contributed by atoms with Crippen LogP contribution in [0.15, 0.2) is 42.6 Å². The Morgan fingerprint density at radius 1 is 1.32 bits per heavy atom. The maximum Gasteiger partial charge on any atom is 0.292 e. The molecular formula is C13H13N3O3. The third-order valence-electron chi connectivity index (χ3n) is 2.76. The number of rotatable bonds is 4. The molecule has 1 N–H and O–H groups in total. The number of para-hydroxylation sites is 2. The monoisotopic (exact) mass is 259 g/mol. The molecule has 6 nitrogen and oxygen atoms in total. The fourth-order valence-electron chi connectivity index (χ4n) is 1.88. The highest BCUT2D eigenvalue weighted by atomic mass is 16.6. The molecule has 98 valence electrons. The van der Waals surface area contributed by atoms with Crippen LogP contribution in [0.25, 0.3) is 0 Å². The van der Waals surface area contributed by atoms with Crippen molar-refractivity contribution in [1.29, 1.82) is 0 Å². The average molecular weight is 259 g/mol. The molecule has 0 spiro atoms. The Balaban J connectivity index is 2.43. The standard InChI is InChI=1S/C13H13N3O3/c1-2-15(13(17)10-6-5-9-14-10)11-7-3-4-8-12(11)16(18)19/h3-9,14H,2H2,1H3. The van der Waals surface area contributed by atoms with E-state index < -0.39 is 4.92 Å². The van der Waals surface area contributed by atoms with Gasteiger partial charge in [0.25, 0.3) is 11.6 Å². The number of nitro benzene ring substituents is 1. The molecule has 1 aromatic carbocycles. The van der Waals surface area contributed by atoms with Gasteiger partial charge in [0.2, 0.25) is 0 Å². The van der Waals surface area contributed by atoms with Crippen LogP contribution in [0, 0.1) is 10.1 Å². The van der Waals surface area contributed by atoms with E-state index in [1.807, 2.05) is 0 Å². The Kier molecular flexibility index (Phi) is 3.61. The molecule has 2 rings (SSSR count). The molecule has 0 unspecified atom stereocenters. The van der Waals surface area contributed by atoms with Crippen molar-refractivity contribution in [3.05, 3.63) is 58.4 Å². The lowest BCUT2D eigenvalue weighted by atomic mass is 10.2. The minimum atomic E-state index is -0.486. The first kappa shape index (κ1) is 12.8. The summed E-state index contributed by atoms with van der Waals surface area (Å²) in [6.45, 7) is 2.13. The number of nitrogens with one attached hydrogen (secondary N) is 1. The number of benzene rings is 1. The van der Waals surface area contributed by atoms with Gasteiger partial charge in [-0.15, -0.1) is 0 Å². The molecule has 0 saturated carbocycles. The first-order valence-electron chi connectivity index (χ1n) is 5.83. The van der Waals surface area contributed by atoms with Gasteiger partial charge in [-0.25, -0.2) is 0 Å². The van der Waals surface area contributed by atoms with E-state index in [4.69, 9.17) is 0 Å². The summed E-state index contributed by atoms with van der Waals surface area (Å²) >= 11 is 0. The molecule has 6 heteroatoms. The number of carbonyl (C=O) groups is 1. The Bertz CT molecular complexity index is 593. The van der Waals surface area contributed by atoms with Gasteiger partial charge in [-0.1, -0.05) is 12.1 Å². The lowest BCUT2D eigenvalue weighted by molar-refractivity contribution is -0.384. The van der Waals surface area contributed by atoms with E-state index in [2.05, 4.69) is 4.98 Å². The molecule has 0 aliphatic rings. The summed E-state index contributed by atoms with van der Waals surface area (Å²) in [6.07, 6.45) is 1.64. The normalized spacial score (nSPS) is 10.2. The first-order valence-corrected chi connectivity index (χ1v) is 5.83. The van der Waals surface area contributed by atoms with E-state index >= 15 is 0 Å². The minimum Gasteiger partial charge on any atom is -0.357 e. The van der Waals surface area contributed by atoms with Gasteiger partial charge in [0.05, 0.1) is 4.92 Å². The van der Waals surface area contributed by atoms with Crippen molar-refractivity contribution < 1.29 is 9.72 Å². The van der Waals surface area contributed by atoms with Crippen LogP contribution in [0.1, 0.15) is 17.4 Å². The van der Waals surface area contributed by atoms with Gasteiger partial charge < -0.3 is 9.88 Å². The molecule has 0 aliphatic heterocycles. The summed E-state index contributed by atoms with van der Waals surface area (Å²) in [5.74, 6) is -0.290. The fourth-order valence-corrected chi connectivity index (χ4v) is 1.88. The van der Waals surface area contributed by atoms with Crippen molar-refractivity contribution in [2.24, 2.45) is 0 Å². The van der Waals surface area contributed by atoms with Crippen LogP contribution in [0.4, 0.5) is 11.4 Å². The van der Waals surface area contributed by atoms with Crippen LogP contribution in [0.3, 0.4) is 0 Å². The highest BCUT2D eigenvalue weighted by molar-refractivity contribution is 6.06. The van der Waals surface area contributed by atoms with Gasteiger partial charge in [0.15, 0.2) is 0 Å². The zero-order valence-electron chi connectivity index (χ0n) is 10.4. The Morgan fingerprint density at radius 2 is 2.05 bits per heavy atom. The number of hydrogen-bond donors (Lipinski definition) is 1.